The highest BCUT2D eigenvalue weighted by atomic mass is 19.4. The molecule has 0 saturated carbocycles. The minimum atomic E-state index is -5.04. The van der Waals surface area contributed by atoms with Crippen LogP contribution < -0.4 is 10.2 Å². The van der Waals surface area contributed by atoms with E-state index in [4.69, 9.17) is 0 Å². The van der Waals surface area contributed by atoms with E-state index in [9.17, 15) is 23.1 Å². The number of aryl methyl sites for hydroxylation is 2. The Bertz CT molecular complexity index is 806. The molecule has 0 radical (unpaired) electrons. The maximum Gasteiger partial charge on any atom is 0.425 e. The van der Waals surface area contributed by atoms with Crippen molar-refractivity contribution in [1.29, 1.82) is 0 Å². The molecule has 0 aliphatic rings. The molecule has 1 amide bonds. The molecule has 1 aromatic heterocycles. The Labute approximate surface area is 162 Å². The zero-order chi connectivity index (χ0) is 20.9. The molecule has 2 N–H and O–H groups in total. The van der Waals surface area contributed by atoms with E-state index in [1.807, 2.05) is 43.0 Å². The number of nitrogens with one attached hydrogen (secondary N) is 1. The number of alkyl halides is 3. The molecule has 0 spiro atoms. The number of amides is 1. The van der Waals surface area contributed by atoms with Crippen LogP contribution in [0.25, 0.3) is 0 Å². The highest BCUT2D eigenvalue weighted by molar-refractivity contribution is 5.77. The molecule has 28 heavy (non-hydrogen) atoms. The van der Waals surface area contributed by atoms with Gasteiger partial charge in [0.1, 0.15) is 0 Å². The van der Waals surface area contributed by atoms with Gasteiger partial charge in [-0.15, -0.1) is 0 Å². The van der Waals surface area contributed by atoms with Gasteiger partial charge in [0, 0.05) is 44.8 Å². The monoisotopic (exact) mass is 398 g/mol. The van der Waals surface area contributed by atoms with Crippen molar-refractivity contribution in [3.05, 3.63) is 48.0 Å². The quantitative estimate of drug-likeness (QED) is 0.717. The number of carbonyl (C=O) groups excluding carboxylic acids is 1. The Balaban J connectivity index is 2.01. The van der Waals surface area contributed by atoms with Gasteiger partial charge < -0.3 is 19.9 Å². The van der Waals surface area contributed by atoms with Crippen LogP contribution in [0.1, 0.15) is 24.7 Å². The number of nitrogens with zero attached hydrogens (tertiary/aromatic N) is 3. The van der Waals surface area contributed by atoms with Crippen LogP contribution >= 0.6 is 0 Å². The predicted molar refractivity (Wildman–Crippen MR) is 99.9 cm³/mol. The summed E-state index contributed by atoms with van der Waals surface area (Å²) in [7, 11) is 1.33. The van der Waals surface area contributed by atoms with Gasteiger partial charge in [-0.05, 0) is 31.5 Å². The number of imidazole rings is 1. The third-order valence-electron chi connectivity index (χ3n) is 4.53. The summed E-state index contributed by atoms with van der Waals surface area (Å²) >= 11 is 0. The number of hydrogen-bond acceptors (Lipinski definition) is 4. The first-order chi connectivity index (χ1) is 13.1. The van der Waals surface area contributed by atoms with E-state index in [1.165, 1.54) is 13.2 Å². The standard InChI is InChI=1S/C19H25F3N4O2/c1-4-26(15-7-5-6-14(2)12-15)11-9-23-16(27)13-18(28,19(20,21)22)17-24-8-10-25(17)3/h5-8,10,12,28H,4,9,11,13H2,1-3H3,(H,23,27). The maximum absolute atomic E-state index is 13.5. The number of halogens is 3. The number of likely N-dealkylation sites (N-methyl/N-ethyl adjacent to an activating group) is 1. The molecule has 0 aliphatic heterocycles. The Kier molecular flexibility index (Phi) is 6.71. The SMILES string of the molecule is CCN(CCNC(=O)CC(O)(c1nccn1C)C(F)(F)F)c1cccc(C)c1. The number of benzene rings is 1. The normalized spacial score (nSPS) is 13.8. The van der Waals surface area contributed by atoms with Crippen molar-refractivity contribution in [1.82, 2.24) is 14.9 Å². The first-order valence-electron chi connectivity index (χ1n) is 8.93. The lowest BCUT2D eigenvalue weighted by Crippen LogP contribution is -2.48. The number of carbonyl (C=O) groups is 1. The van der Waals surface area contributed by atoms with Crippen LogP contribution in [0.3, 0.4) is 0 Å². The molecule has 0 aliphatic carbocycles. The van der Waals surface area contributed by atoms with Crippen LogP contribution in [-0.2, 0) is 17.4 Å². The Morgan fingerprint density at radius 3 is 2.61 bits per heavy atom. The lowest BCUT2D eigenvalue weighted by Gasteiger charge is -2.29. The van der Waals surface area contributed by atoms with E-state index in [0.29, 0.717) is 13.1 Å². The Morgan fingerprint density at radius 1 is 1.36 bits per heavy atom. The summed E-state index contributed by atoms with van der Waals surface area (Å²) < 4.78 is 41.5. The molecule has 154 valence electrons. The molecule has 0 saturated heterocycles. The van der Waals surface area contributed by atoms with Gasteiger partial charge in [0.15, 0.2) is 5.82 Å². The number of hydrogen-bond donors (Lipinski definition) is 2. The fraction of sp³-hybridized carbons (Fsp3) is 0.474. The highest BCUT2D eigenvalue weighted by Crippen LogP contribution is 2.40. The van der Waals surface area contributed by atoms with Crippen molar-refractivity contribution < 1.29 is 23.1 Å². The third kappa shape index (κ3) is 4.83. The van der Waals surface area contributed by atoms with E-state index < -0.39 is 29.9 Å². The fourth-order valence-corrected chi connectivity index (χ4v) is 2.99. The molecule has 1 atom stereocenters. The van der Waals surface area contributed by atoms with Crippen LogP contribution in [0.4, 0.5) is 18.9 Å². The van der Waals surface area contributed by atoms with E-state index in [-0.39, 0.29) is 6.54 Å². The van der Waals surface area contributed by atoms with Gasteiger partial charge >= 0.3 is 6.18 Å². The second kappa shape index (κ2) is 8.64. The summed E-state index contributed by atoms with van der Waals surface area (Å²) in [5, 5.41) is 12.7. The zero-order valence-corrected chi connectivity index (χ0v) is 16.1. The summed E-state index contributed by atoms with van der Waals surface area (Å²) in [5.41, 5.74) is -1.29. The summed E-state index contributed by atoms with van der Waals surface area (Å²) in [5.74, 6) is -1.52. The third-order valence-corrected chi connectivity index (χ3v) is 4.53. The van der Waals surface area contributed by atoms with E-state index in [0.717, 1.165) is 22.0 Å². The minimum Gasteiger partial charge on any atom is -0.374 e. The number of rotatable bonds is 8. The van der Waals surface area contributed by atoms with Gasteiger partial charge in [-0.3, -0.25) is 4.79 Å². The molecule has 2 rings (SSSR count). The van der Waals surface area contributed by atoms with Gasteiger partial charge in [0.25, 0.3) is 0 Å². The molecule has 1 heterocycles. The number of aromatic nitrogens is 2. The van der Waals surface area contributed by atoms with Crippen LogP contribution in [-0.4, -0.2) is 46.4 Å². The molecule has 0 bridgehead atoms. The van der Waals surface area contributed by atoms with Crippen LogP contribution in [0.2, 0.25) is 0 Å². The van der Waals surface area contributed by atoms with Crippen LogP contribution in [0.5, 0.6) is 0 Å². The van der Waals surface area contributed by atoms with Crippen molar-refractivity contribution in [2.45, 2.75) is 32.0 Å². The molecule has 0 fully saturated rings. The lowest BCUT2D eigenvalue weighted by atomic mass is 9.97. The highest BCUT2D eigenvalue weighted by Gasteiger charge is 2.58. The van der Waals surface area contributed by atoms with Crippen LogP contribution in [0.15, 0.2) is 36.7 Å². The van der Waals surface area contributed by atoms with Crippen molar-refractivity contribution in [2.24, 2.45) is 7.05 Å². The molecule has 6 nitrogen and oxygen atoms in total. The Morgan fingerprint density at radius 2 is 2.07 bits per heavy atom. The predicted octanol–water partition coefficient (Wildman–Crippen LogP) is 2.51. The average Bonchev–Trinajstić information content (AvgIpc) is 3.04. The largest absolute Gasteiger partial charge is 0.425 e. The minimum absolute atomic E-state index is 0.148. The van der Waals surface area contributed by atoms with Gasteiger partial charge in [-0.2, -0.15) is 13.2 Å². The topological polar surface area (TPSA) is 70.4 Å². The first-order valence-corrected chi connectivity index (χ1v) is 8.93. The molecule has 2 aromatic rings. The van der Waals surface area contributed by atoms with Crippen molar-refractivity contribution in [2.75, 3.05) is 24.5 Å². The summed E-state index contributed by atoms with van der Waals surface area (Å²) in [6.07, 6.45) is -3.77. The van der Waals surface area contributed by atoms with Crippen LogP contribution in [0, 0.1) is 6.92 Å². The maximum atomic E-state index is 13.5. The van der Waals surface area contributed by atoms with Crippen molar-refractivity contribution in [3.63, 3.8) is 0 Å². The molecule has 1 unspecified atom stereocenters. The number of aliphatic hydroxyl groups is 1. The van der Waals surface area contributed by atoms with Gasteiger partial charge in [0.05, 0.1) is 6.42 Å². The second-order valence-electron chi connectivity index (χ2n) is 6.67. The average molecular weight is 398 g/mol. The molecule has 1 aromatic carbocycles. The summed E-state index contributed by atoms with van der Waals surface area (Å²) in [6, 6.07) is 7.81. The zero-order valence-electron chi connectivity index (χ0n) is 16.1. The molecule has 9 heteroatoms. The van der Waals surface area contributed by atoms with E-state index in [1.54, 1.807) is 0 Å². The van der Waals surface area contributed by atoms with Crippen molar-refractivity contribution in [3.8, 4) is 0 Å². The lowest BCUT2D eigenvalue weighted by molar-refractivity contribution is -0.271. The van der Waals surface area contributed by atoms with E-state index >= 15 is 0 Å². The van der Waals surface area contributed by atoms with Crippen molar-refractivity contribution >= 4 is 11.6 Å². The first kappa shape index (κ1) is 21.7. The van der Waals surface area contributed by atoms with Gasteiger partial charge in [0.2, 0.25) is 11.5 Å². The Hall–Kier alpha value is -2.55. The molecular weight excluding hydrogens is 373 g/mol. The smallest absolute Gasteiger partial charge is 0.374 e. The fourth-order valence-electron chi connectivity index (χ4n) is 2.99. The van der Waals surface area contributed by atoms with E-state index in [2.05, 4.69) is 10.3 Å². The summed E-state index contributed by atoms with van der Waals surface area (Å²) in [6.45, 7) is 5.18. The summed E-state index contributed by atoms with van der Waals surface area (Å²) in [4.78, 5) is 17.7. The van der Waals surface area contributed by atoms with Gasteiger partial charge in [-0.1, -0.05) is 12.1 Å². The van der Waals surface area contributed by atoms with Gasteiger partial charge in [-0.25, -0.2) is 4.98 Å². The molecular formula is C19H25F3N4O2. The second-order valence-corrected chi connectivity index (χ2v) is 6.67. The number of anilines is 1.